The number of aliphatic carboxylic acids is 1. The van der Waals surface area contributed by atoms with E-state index in [0.717, 1.165) is 0 Å². The van der Waals surface area contributed by atoms with E-state index in [9.17, 15) is 14.0 Å². The zero-order valence-corrected chi connectivity index (χ0v) is 10.5. The largest absolute Gasteiger partial charge is 0.481 e. The lowest BCUT2D eigenvalue weighted by molar-refractivity contribution is -0.136. The lowest BCUT2D eigenvalue weighted by Crippen LogP contribution is -2.20. The van der Waals surface area contributed by atoms with Gasteiger partial charge in [0.1, 0.15) is 5.82 Å². The molecule has 1 aromatic rings. The Morgan fingerprint density at radius 3 is 2.79 bits per heavy atom. The lowest BCUT2D eigenvalue weighted by atomic mass is 10.0. The molecule has 4 nitrogen and oxygen atoms in total. The number of hydrogen-bond donors (Lipinski definition) is 2. The molecule has 0 aliphatic carbocycles. The molecule has 0 bridgehead atoms. The lowest BCUT2D eigenvalue weighted by Gasteiger charge is -2.01. The molecule has 0 heterocycles. The van der Waals surface area contributed by atoms with E-state index in [1.165, 1.54) is 25.1 Å². The molecule has 0 atom stereocenters. The number of benzene rings is 1. The third-order valence-corrected chi connectivity index (χ3v) is 2.26. The number of nitrogens with one attached hydrogen (secondary N) is 1. The highest BCUT2D eigenvalue weighted by Gasteiger charge is 2.06. The van der Waals surface area contributed by atoms with Crippen molar-refractivity contribution < 1.29 is 19.1 Å². The fourth-order valence-electron chi connectivity index (χ4n) is 1.45. The van der Waals surface area contributed by atoms with Crippen LogP contribution in [0.4, 0.5) is 4.39 Å². The number of hydrogen-bond acceptors (Lipinski definition) is 2. The topological polar surface area (TPSA) is 66.4 Å². The van der Waals surface area contributed by atoms with Crippen LogP contribution in [0.25, 0.3) is 0 Å². The highest BCUT2D eigenvalue weighted by Crippen LogP contribution is 2.11. The summed E-state index contributed by atoms with van der Waals surface area (Å²) in [5.74, 6) is 3.95. The summed E-state index contributed by atoms with van der Waals surface area (Å²) in [5, 5.41) is 11.3. The third-order valence-electron chi connectivity index (χ3n) is 2.26. The molecule has 2 N–H and O–H groups in total. The molecule has 1 amide bonds. The maximum atomic E-state index is 13.0. The maximum Gasteiger partial charge on any atom is 0.307 e. The van der Waals surface area contributed by atoms with Crippen LogP contribution in [0.15, 0.2) is 18.2 Å². The average molecular weight is 263 g/mol. The van der Waals surface area contributed by atoms with Crippen LogP contribution in [0.5, 0.6) is 0 Å². The first-order chi connectivity index (χ1) is 8.99. The molecule has 100 valence electrons. The number of rotatable bonds is 4. The Labute approximate surface area is 110 Å². The molecule has 0 aromatic heterocycles. The molecule has 0 unspecified atom stereocenters. The number of halogens is 1. The molecule has 0 spiro atoms. The predicted octanol–water partition coefficient (Wildman–Crippen LogP) is 1.33. The van der Waals surface area contributed by atoms with Gasteiger partial charge in [-0.3, -0.25) is 9.59 Å². The van der Waals surface area contributed by atoms with Crippen LogP contribution >= 0.6 is 0 Å². The van der Waals surface area contributed by atoms with Gasteiger partial charge in [0, 0.05) is 25.5 Å². The van der Waals surface area contributed by atoms with Crippen molar-refractivity contribution in [2.75, 3.05) is 6.54 Å². The van der Waals surface area contributed by atoms with Crippen LogP contribution in [-0.4, -0.2) is 23.5 Å². The average Bonchev–Trinajstić information content (AvgIpc) is 2.30. The highest BCUT2D eigenvalue weighted by molar-refractivity contribution is 5.72. The summed E-state index contributed by atoms with van der Waals surface area (Å²) < 4.78 is 13.0. The van der Waals surface area contributed by atoms with Crippen LogP contribution in [0.1, 0.15) is 24.5 Å². The van der Waals surface area contributed by atoms with Crippen molar-refractivity contribution in [2.24, 2.45) is 0 Å². The van der Waals surface area contributed by atoms with Crippen LogP contribution < -0.4 is 5.32 Å². The molecule has 0 fully saturated rings. The highest BCUT2D eigenvalue weighted by atomic mass is 19.1. The fourth-order valence-corrected chi connectivity index (χ4v) is 1.45. The number of amides is 1. The smallest absolute Gasteiger partial charge is 0.307 e. The zero-order valence-electron chi connectivity index (χ0n) is 10.5. The summed E-state index contributed by atoms with van der Waals surface area (Å²) in [6.45, 7) is 1.84. The van der Waals surface area contributed by atoms with Gasteiger partial charge in [-0.25, -0.2) is 4.39 Å². The molecule has 0 radical (unpaired) electrons. The van der Waals surface area contributed by atoms with Gasteiger partial charge in [0.2, 0.25) is 5.91 Å². The SMILES string of the molecule is CC(=O)NCCC#Cc1ccc(F)cc1CC(=O)O. The maximum absolute atomic E-state index is 13.0. The minimum absolute atomic E-state index is 0.129. The van der Waals surface area contributed by atoms with Gasteiger partial charge in [0.25, 0.3) is 0 Å². The van der Waals surface area contributed by atoms with E-state index >= 15 is 0 Å². The van der Waals surface area contributed by atoms with Crippen LogP contribution in [0.3, 0.4) is 0 Å². The summed E-state index contributed by atoms with van der Waals surface area (Å²) in [4.78, 5) is 21.3. The Hall–Kier alpha value is -2.35. The first-order valence-corrected chi connectivity index (χ1v) is 5.72. The van der Waals surface area contributed by atoms with E-state index in [0.29, 0.717) is 24.1 Å². The second kappa shape index (κ2) is 7.17. The van der Waals surface area contributed by atoms with Crippen molar-refractivity contribution in [1.82, 2.24) is 5.32 Å². The number of carboxylic acid groups (broad SMARTS) is 1. The molecule has 0 saturated heterocycles. The zero-order chi connectivity index (χ0) is 14.3. The van der Waals surface area contributed by atoms with E-state index in [2.05, 4.69) is 17.2 Å². The fraction of sp³-hybridized carbons (Fsp3) is 0.286. The molecule has 0 aliphatic rings. The Bertz CT molecular complexity index is 543. The van der Waals surface area contributed by atoms with Gasteiger partial charge >= 0.3 is 5.97 Å². The quantitative estimate of drug-likeness (QED) is 0.636. The third kappa shape index (κ3) is 5.68. The summed E-state index contributed by atoms with van der Waals surface area (Å²) in [7, 11) is 0. The second-order valence-electron chi connectivity index (χ2n) is 3.91. The number of carbonyl (C=O) groups excluding carboxylic acids is 1. The minimum atomic E-state index is -1.04. The van der Waals surface area contributed by atoms with E-state index < -0.39 is 11.8 Å². The van der Waals surface area contributed by atoms with Gasteiger partial charge < -0.3 is 10.4 Å². The summed E-state index contributed by atoms with van der Waals surface area (Å²) >= 11 is 0. The molecule has 19 heavy (non-hydrogen) atoms. The van der Waals surface area contributed by atoms with E-state index in [1.54, 1.807) is 0 Å². The first kappa shape index (κ1) is 14.7. The summed E-state index contributed by atoms with van der Waals surface area (Å²) in [6, 6.07) is 3.87. The molecule has 0 aliphatic heterocycles. The number of carbonyl (C=O) groups is 2. The van der Waals surface area contributed by atoms with Crippen molar-refractivity contribution in [3.05, 3.63) is 35.1 Å². The second-order valence-corrected chi connectivity index (χ2v) is 3.91. The predicted molar refractivity (Wildman–Crippen MR) is 67.9 cm³/mol. The van der Waals surface area contributed by atoms with E-state index in [1.807, 2.05) is 0 Å². The van der Waals surface area contributed by atoms with Crippen molar-refractivity contribution in [3.8, 4) is 11.8 Å². The Morgan fingerprint density at radius 1 is 1.42 bits per heavy atom. The molecule has 1 rings (SSSR count). The van der Waals surface area contributed by atoms with Gasteiger partial charge in [-0.1, -0.05) is 11.8 Å². The summed E-state index contributed by atoms with van der Waals surface area (Å²) in [5.41, 5.74) is 0.839. The van der Waals surface area contributed by atoms with Crippen LogP contribution in [0.2, 0.25) is 0 Å². The molecule has 0 saturated carbocycles. The standard InChI is InChI=1S/C14H14FNO3/c1-10(17)16-7-3-2-4-11-5-6-13(15)8-12(11)9-14(18)19/h5-6,8H,3,7,9H2,1H3,(H,16,17)(H,18,19). The normalized spacial score (nSPS) is 9.37. The molecule has 5 heteroatoms. The first-order valence-electron chi connectivity index (χ1n) is 5.72. The van der Waals surface area contributed by atoms with Crippen LogP contribution in [0, 0.1) is 17.7 Å². The van der Waals surface area contributed by atoms with E-state index in [4.69, 9.17) is 5.11 Å². The Morgan fingerprint density at radius 2 is 2.16 bits per heavy atom. The Balaban J connectivity index is 2.74. The van der Waals surface area contributed by atoms with Crippen molar-refractivity contribution >= 4 is 11.9 Å². The van der Waals surface area contributed by atoms with Crippen molar-refractivity contribution in [3.63, 3.8) is 0 Å². The van der Waals surface area contributed by atoms with Gasteiger partial charge in [-0.15, -0.1) is 0 Å². The van der Waals surface area contributed by atoms with E-state index in [-0.39, 0.29) is 12.3 Å². The summed E-state index contributed by atoms with van der Waals surface area (Å²) in [6.07, 6.45) is 0.178. The number of carboxylic acids is 1. The molecular formula is C14H14FNO3. The van der Waals surface area contributed by atoms with Gasteiger partial charge in [-0.2, -0.15) is 0 Å². The minimum Gasteiger partial charge on any atom is -0.481 e. The molecule has 1 aromatic carbocycles. The van der Waals surface area contributed by atoms with Crippen molar-refractivity contribution in [1.29, 1.82) is 0 Å². The van der Waals surface area contributed by atoms with Crippen molar-refractivity contribution in [2.45, 2.75) is 19.8 Å². The molecular weight excluding hydrogens is 249 g/mol. The monoisotopic (exact) mass is 263 g/mol. The van der Waals surface area contributed by atoms with Gasteiger partial charge in [0.15, 0.2) is 0 Å². The van der Waals surface area contributed by atoms with Gasteiger partial charge in [0.05, 0.1) is 6.42 Å². The van der Waals surface area contributed by atoms with Gasteiger partial charge in [-0.05, 0) is 23.8 Å². The van der Waals surface area contributed by atoms with Crippen LogP contribution in [-0.2, 0) is 16.0 Å². The Kier molecular flexibility index (Phi) is 5.55.